The van der Waals surface area contributed by atoms with E-state index in [0.29, 0.717) is 5.02 Å². The molecule has 5 heteroatoms. The molecule has 0 fully saturated rings. The molecule has 4 nitrogen and oxygen atoms in total. The van der Waals surface area contributed by atoms with Gasteiger partial charge in [0.15, 0.2) is 0 Å². The normalized spacial score (nSPS) is 10.7. The molecule has 2 N–H and O–H groups in total. The van der Waals surface area contributed by atoms with Crippen LogP contribution in [0.25, 0.3) is 22.4 Å². The van der Waals surface area contributed by atoms with Crippen LogP contribution in [0.4, 0.5) is 5.69 Å². The van der Waals surface area contributed by atoms with Crippen molar-refractivity contribution in [3.8, 4) is 11.4 Å². The molecule has 0 spiro atoms. The predicted molar refractivity (Wildman–Crippen MR) is 80.8 cm³/mol. The Morgan fingerprint density at radius 1 is 1.20 bits per heavy atom. The van der Waals surface area contributed by atoms with Gasteiger partial charge in [-0.2, -0.15) is 0 Å². The van der Waals surface area contributed by atoms with E-state index in [4.69, 9.17) is 11.6 Å². The van der Waals surface area contributed by atoms with E-state index in [1.165, 1.54) is 6.92 Å². The van der Waals surface area contributed by atoms with Gasteiger partial charge in [0.05, 0.1) is 10.5 Å². The summed E-state index contributed by atoms with van der Waals surface area (Å²) in [6.07, 6.45) is 0. The summed E-state index contributed by atoms with van der Waals surface area (Å²) >= 11 is 6.11. The van der Waals surface area contributed by atoms with Gasteiger partial charge in [-0.25, -0.2) is 4.98 Å². The number of para-hydroxylation sites is 1. The zero-order chi connectivity index (χ0) is 14.1. The molecular formula is C15H12ClN3O. The molecule has 0 aliphatic rings. The lowest BCUT2D eigenvalue weighted by molar-refractivity contribution is -0.114. The number of nitrogens with zero attached hydrogens (tertiary/aromatic N) is 1. The highest BCUT2D eigenvalue weighted by molar-refractivity contribution is 6.35. The highest BCUT2D eigenvalue weighted by Gasteiger charge is 2.07. The number of imidazole rings is 1. The van der Waals surface area contributed by atoms with Crippen LogP contribution in [0.3, 0.4) is 0 Å². The van der Waals surface area contributed by atoms with Crippen LogP contribution < -0.4 is 5.32 Å². The van der Waals surface area contributed by atoms with Gasteiger partial charge in [0.2, 0.25) is 5.91 Å². The molecule has 0 saturated heterocycles. The van der Waals surface area contributed by atoms with E-state index in [-0.39, 0.29) is 5.91 Å². The number of hydrogen-bond acceptors (Lipinski definition) is 2. The van der Waals surface area contributed by atoms with Crippen LogP contribution in [0.5, 0.6) is 0 Å². The van der Waals surface area contributed by atoms with Crippen molar-refractivity contribution in [3.63, 3.8) is 0 Å². The van der Waals surface area contributed by atoms with Gasteiger partial charge in [0.1, 0.15) is 11.3 Å². The van der Waals surface area contributed by atoms with Gasteiger partial charge in [0.25, 0.3) is 0 Å². The zero-order valence-corrected chi connectivity index (χ0v) is 11.5. The fourth-order valence-corrected chi connectivity index (χ4v) is 2.27. The fraction of sp³-hybridized carbons (Fsp3) is 0.0667. The van der Waals surface area contributed by atoms with Gasteiger partial charge < -0.3 is 10.3 Å². The van der Waals surface area contributed by atoms with Crippen LogP contribution in [0, 0.1) is 0 Å². The summed E-state index contributed by atoms with van der Waals surface area (Å²) in [6.45, 7) is 1.48. The largest absolute Gasteiger partial charge is 0.338 e. The molecule has 1 heterocycles. The Hall–Kier alpha value is -2.33. The average Bonchev–Trinajstić information content (AvgIpc) is 2.84. The summed E-state index contributed by atoms with van der Waals surface area (Å²) in [7, 11) is 0. The lowest BCUT2D eigenvalue weighted by atomic mass is 10.2. The van der Waals surface area contributed by atoms with E-state index in [9.17, 15) is 4.79 Å². The second kappa shape index (κ2) is 4.98. The first kappa shape index (κ1) is 12.7. The maximum Gasteiger partial charge on any atom is 0.221 e. The lowest BCUT2D eigenvalue weighted by Crippen LogP contribution is -2.05. The van der Waals surface area contributed by atoms with Crippen LogP contribution >= 0.6 is 11.6 Å². The van der Waals surface area contributed by atoms with E-state index in [1.54, 1.807) is 0 Å². The van der Waals surface area contributed by atoms with E-state index in [2.05, 4.69) is 15.3 Å². The molecule has 0 aliphatic heterocycles. The molecule has 0 radical (unpaired) electrons. The molecule has 0 unspecified atom stereocenters. The van der Waals surface area contributed by atoms with Crippen LogP contribution in [0.2, 0.25) is 5.02 Å². The summed E-state index contributed by atoms with van der Waals surface area (Å²) < 4.78 is 0. The van der Waals surface area contributed by atoms with Gasteiger partial charge in [0, 0.05) is 18.2 Å². The Morgan fingerprint density at radius 3 is 2.60 bits per heavy atom. The number of hydrogen-bond donors (Lipinski definition) is 2. The molecular weight excluding hydrogens is 274 g/mol. The Morgan fingerprint density at radius 2 is 1.95 bits per heavy atom. The highest BCUT2D eigenvalue weighted by atomic mass is 35.5. The van der Waals surface area contributed by atoms with Crippen molar-refractivity contribution in [3.05, 3.63) is 47.5 Å². The topological polar surface area (TPSA) is 57.8 Å². The molecule has 3 rings (SSSR count). The van der Waals surface area contributed by atoms with Crippen molar-refractivity contribution in [2.45, 2.75) is 6.92 Å². The first-order chi connectivity index (χ1) is 9.63. The Labute approximate surface area is 120 Å². The van der Waals surface area contributed by atoms with Crippen LogP contribution in [0.1, 0.15) is 6.92 Å². The van der Waals surface area contributed by atoms with Crippen molar-refractivity contribution < 1.29 is 4.79 Å². The molecule has 20 heavy (non-hydrogen) atoms. The second-order valence-electron chi connectivity index (χ2n) is 4.48. The Bertz CT molecular complexity index is 777. The summed E-state index contributed by atoms with van der Waals surface area (Å²) in [5.41, 5.74) is 3.36. The van der Waals surface area contributed by atoms with Crippen molar-refractivity contribution >= 4 is 34.2 Å². The van der Waals surface area contributed by atoms with Gasteiger partial charge in [-0.3, -0.25) is 4.79 Å². The van der Waals surface area contributed by atoms with E-state index >= 15 is 0 Å². The third-order valence-electron chi connectivity index (χ3n) is 2.94. The number of aromatic nitrogens is 2. The molecule has 0 bridgehead atoms. The SMILES string of the molecule is CC(=O)Nc1ccc(-c2nc3c(Cl)cccc3[nH]2)cc1. The molecule has 2 aromatic carbocycles. The number of rotatable bonds is 2. The number of carbonyl (C=O) groups is 1. The standard InChI is InChI=1S/C15H12ClN3O/c1-9(20)17-11-7-5-10(6-8-11)15-18-13-4-2-3-12(16)14(13)19-15/h2-8H,1H3,(H,17,20)(H,18,19). The summed E-state index contributed by atoms with van der Waals surface area (Å²) in [6, 6.07) is 13.1. The number of nitrogens with one attached hydrogen (secondary N) is 2. The number of halogens is 1. The van der Waals surface area contributed by atoms with E-state index in [1.807, 2.05) is 42.5 Å². The molecule has 1 aromatic heterocycles. The maximum atomic E-state index is 11.0. The number of benzene rings is 2. The van der Waals surface area contributed by atoms with Gasteiger partial charge >= 0.3 is 0 Å². The minimum Gasteiger partial charge on any atom is -0.338 e. The highest BCUT2D eigenvalue weighted by Crippen LogP contribution is 2.26. The number of fused-ring (bicyclic) bond motifs is 1. The second-order valence-corrected chi connectivity index (χ2v) is 4.89. The number of anilines is 1. The van der Waals surface area contributed by atoms with Crippen molar-refractivity contribution in [2.75, 3.05) is 5.32 Å². The number of H-pyrrole nitrogens is 1. The van der Waals surface area contributed by atoms with Crippen LogP contribution in [0.15, 0.2) is 42.5 Å². The Kier molecular flexibility index (Phi) is 3.16. The summed E-state index contributed by atoms with van der Waals surface area (Å²) in [5.74, 6) is 0.663. The third-order valence-corrected chi connectivity index (χ3v) is 3.25. The van der Waals surface area contributed by atoms with E-state index in [0.717, 1.165) is 28.1 Å². The maximum absolute atomic E-state index is 11.0. The minimum absolute atomic E-state index is 0.0896. The number of aromatic amines is 1. The monoisotopic (exact) mass is 285 g/mol. The number of carbonyl (C=O) groups excluding carboxylic acids is 1. The van der Waals surface area contributed by atoms with Crippen molar-refractivity contribution in [1.29, 1.82) is 0 Å². The smallest absolute Gasteiger partial charge is 0.221 e. The van der Waals surface area contributed by atoms with Crippen molar-refractivity contribution in [2.24, 2.45) is 0 Å². The molecule has 0 atom stereocenters. The zero-order valence-electron chi connectivity index (χ0n) is 10.8. The molecule has 100 valence electrons. The van der Waals surface area contributed by atoms with E-state index < -0.39 is 0 Å². The molecule has 0 aliphatic carbocycles. The average molecular weight is 286 g/mol. The van der Waals surface area contributed by atoms with Gasteiger partial charge in [-0.05, 0) is 36.4 Å². The first-order valence-electron chi connectivity index (χ1n) is 6.16. The summed E-state index contributed by atoms with van der Waals surface area (Å²) in [5, 5.41) is 3.35. The lowest BCUT2D eigenvalue weighted by Gasteiger charge is -2.02. The third kappa shape index (κ3) is 2.38. The summed E-state index contributed by atoms with van der Waals surface area (Å²) in [4.78, 5) is 18.7. The minimum atomic E-state index is -0.0896. The molecule has 1 amide bonds. The molecule has 0 saturated carbocycles. The van der Waals surface area contributed by atoms with Crippen LogP contribution in [-0.2, 0) is 4.79 Å². The van der Waals surface area contributed by atoms with Crippen molar-refractivity contribution in [1.82, 2.24) is 9.97 Å². The quantitative estimate of drug-likeness (QED) is 0.751. The predicted octanol–water partition coefficient (Wildman–Crippen LogP) is 3.84. The molecule has 3 aromatic rings. The van der Waals surface area contributed by atoms with Gasteiger partial charge in [-0.1, -0.05) is 17.7 Å². The fourth-order valence-electron chi connectivity index (χ4n) is 2.05. The number of amides is 1. The van der Waals surface area contributed by atoms with Gasteiger partial charge in [-0.15, -0.1) is 0 Å². The van der Waals surface area contributed by atoms with Crippen LogP contribution in [-0.4, -0.2) is 15.9 Å². The first-order valence-corrected chi connectivity index (χ1v) is 6.53. The Balaban J connectivity index is 1.98.